The Labute approximate surface area is 212 Å². The van der Waals surface area contributed by atoms with Crippen LogP contribution < -0.4 is 9.64 Å². The van der Waals surface area contributed by atoms with Crippen LogP contribution in [0.4, 0.5) is 10.6 Å². The van der Waals surface area contributed by atoms with Gasteiger partial charge in [0.25, 0.3) is 0 Å². The second-order valence-corrected chi connectivity index (χ2v) is 10.8. The third-order valence-corrected chi connectivity index (χ3v) is 8.43. The highest BCUT2D eigenvalue weighted by Gasteiger charge is 2.44. The molecule has 3 fully saturated rings. The lowest BCUT2D eigenvalue weighted by atomic mass is 10.0. The van der Waals surface area contributed by atoms with Crippen molar-refractivity contribution in [3.63, 3.8) is 0 Å². The van der Waals surface area contributed by atoms with E-state index in [-0.39, 0.29) is 12.1 Å². The Bertz CT molecular complexity index is 1080. The number of nitrogens with zero attached hydrogens (tertiary/aromatic N) is 6. The van der Waals surface area contributed by atoms with E-state index in [1.165, 1.54) is 17.5 Å². The van der Waals surface area contributed by atoms with Crippen LogP contribution in [-0.2, 0) is 19.5 Å². The van der Waals surface area contributed by atoms with E-state index in [4.69, 9.17) is 14.7 Å². The molecule has 1 aromatic heterocycles. The highest BCUT2D eigenvalue weighted by atomic mass is 16.5. The van der Waals surface area contributed by atoms with Crippen LogP contribution in [0.25, 0.3) is 0 Å². The van der Waals surface area contributed by atoms with Crippen molar-refractivity contribution in [1.82, 2.24) is 24.7 Å². The van der Waals surface area contributed by atoms with Gasteiger partial charge in [0.1, 0.15) is 12.4 Å². The molecule has 36 heavy (non-hydrogen) atoms. The van der Waals surface area contributed by atoms with Crippen molar-refractivity contribution in [1.29, 1.82) is 0 Å². The monoisotopic (exact) mass is 492 g/mol. The Kier molecular flexibility index (Phi) is 6.43. The Morgan fingerprint density at radius 1 is 1.08 bits per heavy atom. The largest absolute Gasteiger partial charge is 0.465 e. The molecule has 3 atom stereocenters. The van der Waals surface area contributed by atoms with Crippen molar-refractivity contribution in [2.45, 2.75) is 63.3 Å². The minimum atomic E-state index is -0.798. The first-order chi connectivity index (χ1) is 17.5. The molecule has 1 amide bonds. The fourth-order valence-electron chi connectivity index (χ4n) is 6.49. The van der Waals surface area contributed by atoms with Gasteiger partial charge < -0.3 is 19.6 Å². The van der Waals surface area contributed by atoms with Gasteiger partial charge in [0.2, 0.25) is 0 Å². The summed E-state index contributed by atoms with van der Waals surface area (Å²) in [7, 11) is 2.15. The van der Waals surface area contributed by atoms with Crippen LogP contribution in [0.5, 0.6) is 6.01 Å². The van der Waals surface area contributed by atoms with Crippen molar-refractivity contribution >= 4 is 11.9 Å². The van der Waals surface area contributed by atoms with E-state index in [1.807, 2.05) is 0 Å². The van der Waals surface area contributed by atoms with E-state index in [9.17, 15) is 9.90 Å². The number of likely N-dealkylation sites (N-methyl/N-ethyl adjacent to an activating group) is 1. The van der Waals surface area contributed by atoms with E-state index in [1.54, 1.807) is 4.90 Å². The predicted molar refractivity (Wildman–Crippen MR) is 136 cm³/mol. The number of fused-ring (bicyclic) bond motifs is 3. The Morgan fingerprint density at radius 3 is 2.56 bits per heavy atom. The van der Waals surface area contributed by atoms with Crippen molar-refractivity contribution < 1.29 is 14.6 Å². The third kappa shape index (κ3) is 4.62. The maximum Gasteiger partial charge on any atom is 0.407 e. The summed E-state index contributed by atoms with van der Waals surface area (Å²) in [5, 5.41) is 9.71. The zero-order valence-corrected chi connectivity index (χ0v) is 21.1. The summed E-state index contributed by atoms with van der Waals surface area (Å²) in [6, 6.07) is 11.5. The minimum absolute atomic E-state index is 0.0292. The third-order valence-electron chi connectivity index (χ3n) is 8.43. The molecule has 4 aliphatic heterocycles. The van der Waals surface area contributed by atoms with Crippen LogP contribution in [0.1, 0.15) is 42.5 Å². The molecule has 192 valence electrons. The zero-order valence-electron chi connectivity index (χ0n) is 21.1. The van der Waals surface area contributed by atoms with Crippen LogP contribution >= 0.6 is 0 Å². The van der Waals surface area contributed by atoms with E-state index < -0.39 is 6.09 Å². The Morgan fingerprint density at radius 2 is 1.86 bits per heavy atom. The summed E-state index contributed by atoms with van der Waals surface area (Å²) in [4.78, 5) is 30.5. The molecule has 1 unspecified atom stereocenters. The lowest BCUT2D eigenvalue weighted by molar-refractivity contribution is 0.114. The molecule has 1 N–H and O–H groups in total. The van der Waals surface area contributed by atoms with Crippen molar-refractivity contribution in [3.05, 3.63) is 47.2 Å². The summed E-state index contributed by atoms with van der Waals surface area (Å²) < 4.78 is 6.23. The molecule has 5 heterocycles. The first kappa shape index (κ1) is 23.5. The Hall–Kier alpha value is -2.91. The van der Waals surface area contributed by atoms with E-state index in [0.717, 1.165) is 63.4 Å². The fraction of sp³-hybridized carbons (Fsp3) is 0.593. The second kappa shape index (κ2) is 9.86. The first-order valence-corrected chi connectivity index (χ1v) is 13.3. The predicted octanol–water partition coefficient (Wildman–Crippen LogP) is 2.84. The lowest BCUT2D eigenvalue weighted by Gasteiger charge is -2.41. The number of carbonyl (C=O) groups is 1. The SMILES string of the molecule is CN1CCCC1COc1nc2c(c(N3C[C@H]4CC[C@@H](C3)N4C(=O)O)n1)CCN(Cc1ccccc1)C2. The highest BCUT2D eigenvalue weighted by molar-refractivity contribution is 5.67. The number of aromatic nitrogens is 2. The van der Waals surface area contributed by atoms with E-state index in [0.29, 0.717) is 31.7 Å². The number of piperazine rings is 1. The van der Waals surface area contributed by atoms with Gasteiger partial charge in [0.15, 0.2) is 0 Å². The van der Waals surface area contributed by atoms with Gasteiger partial charge in [-0.05, 0) is 51.3 Å². The number of ether oxygens (including phenoxy) is 1. The van der Waals surface area contributed by atoms with Gasteiger partial charge >= 0.3 is 12.1 Å². The maximum absolute atomic E-state index is 11.8. The zero-order chi connectivity index (χ0) is 24.6. The lowest BCUT2D eigenvalue weighted by Crippen LogP contribution is -2.56. The van der Waals surface area contributed by atoms with Crippen LogP contribution in [0.2, 0.25) is 0 Å². The summed E-state index contributed by atoms with van der Waals surface area (Å²) >= 11 is 0. The molecular formula is C27H36N6O3. The smallest absolute Gasteiger partial charge is 0.407 e. The van der Waals surface area contributed by atoms with Gasteiger partial charge in [0, 0.05) is 44.3 Å². The topological polar surface area (TPSA) is 85.3 Å². The van der Waals surface area contributed by atoms with Crippen molar-refractivity contribution in [2.75, 3.05) is 44.7 Å². The number of hydrogen-bond acceptors (Lipinski definition) is 7. The highest BCUT2D eigenvalue weighted by Crippen LogP contribution is 2.36. The minimum Gasteiger partial charge on any atom is -0.465 e. The molecule has 6 rings (SSSR count). The normalized spacial score (nSPS) is 26.3. The number of rotatable bonds is 6. The summed E-state index contributed by atoms with van der Waals surface area (Å²) in [6.45, 7) is 5.68. The number of carboxylic acid groups (broad SMARTS) is 1. The van der Waals surface area contributed by atoms with Gasteiger partial charge in [-0.1, -0.05) is 30.3 Å². The molecule has 1 aromatic carbocycles. The summed E-state index contributed by atoms with van der Waals surface area (Å²) in [5.74, 6) is 0.955. The molecule has 2 bridgehead atoms. The van der Waals surface area contributed by atoms with Crippen LogP contribution in [-0.4, -0.2) is 93.8 Å². The molecule has 4 aliphatic rings. The molecule has 0 radical (unpaired) electrons. The molecular weight excluding hydrogens is 456 g/mol. The second-order valence-electron chi connectivity index (χ2n) is 10.8. The molecule has 9 nitrogen and oxygen atoms in total. The van der Waals surface area contributed by atoms with Gasteiger partial charge in [0.05, 0.1) is 17.8 Å². The number of likely N-dealkylation sites (tertiary alicyclic amines) is 1. The molecule has 3 saturated heterocycles. The van der Waals surface area contributed by atoms with Crippen molar-refractivity contribution in [2.24, 2.45) is 0 Å². The standard InChI is InChI=1S/C27H36N6O3/c1-30-12-5-8-22(30)18-36-26-28-24-17-31(14-19-6-3-2-4-7-19)13-11-23(24)25(29-26)32-15-20-9-10-21(16-32)33(20)27(34)35/h2-4,6-7,20-22H,5,8-18H2,1H3,(H,34,35)/t20-,21+,22?. The molecule has 0 saturated carbocycles. The molecule has 9 heteroatoms. The van der Waals surface area contributed by atoms with Gasteiger partial charge in [-0.25, -0.2) is 4.79 Å². The van der Waals surface area contributed by atoms with Gasteiger partial charge in [-0.2, -0.15) is 9.97 Å². The van der Waals surface area contributed by atoms with Crippen molar-refractivity contribution in [3.8, 4) is 6.01 Å². The first-order valence-electron chi connectivity index (χ1n) is 13.3. The molecule has 0 aliphatic carbocycles. The number of benzene rings is 1. The Balaban J connectivity index is 1.26. The average molecular weight is 493 g/mol. The average Bonchev–Trinajstić information content (AvgIpc) is 3.41. The molecule has 2 aromatic rings. The number of anilines is 1. The van der Waals surface area contributed by atoms with E-state index in [2.05, 4.69) is 52.1 Å². The van der Waals surface area contributed by atoms with Crippen LogP contribution in [0, 0.1) is 0 Å². The van der Waals surface area contributed by atoms with Gasteiger partial charge in [-0.3, -0.25) is 9.80 Å². The van der Waals surface area contributed by atoms with Gasteiger partial charge in [-0.15, -0.1) is 0 Å². The quantitative estimate of drug-likeness (QED) is 0.659. The summed E-state index contributed by atoms with van der Waals surface area (Å²) in [6.07, 6.45) is 4.27. The maximum atomic E-state index is 11.8. The van der Waals surface area contributed by atoms with Crippen LogP contribution in [0.3, 0.4) is 0 Å². The summed E-state index contributed by atoms with van der Waals surface area (Å²) in [5.41, 5.74) is 3.55. The molecule has 0 spiro atoms. The van der Waals surface area contributed by atoms with E-state index >= 15 is 0 Å². The fourth-order valence-corrected chi connectivity index (χ4v) is 6.49. The number of hydrogen-bond donors (Lipinski definition) is 1. The number of amides is 1. The van der Waals surface area contributed by atoms with Crippen LogP contribution in [0.15, 0.2) is 30.3 Å².